The number of carbonyl (C=O) groups is 1. The van der Waals surface area contributed by atoms with Crippen LogP contribution in [-0.4, -0.2) is 35.8 Å². The molecule has 35 heavy (non-hydrogen) atoms. The number of carbonyl (C=O) groups excluding carboxylic acids is 1. The van der Waals surface area contributed by atoms with E-state index in [-0.39, 0.29) is 11.5 Å². The number of amides is 1. The minimum absolute atomic E-state index is 0.303. The maximum absolute atomic E-state index is 14.2. The monoisotopic (exact) mass is 466 g/mol. The fraction of sp³-hybridized carbons (Fsp3) is 0.222. The molecule has 3 heterocycles. The summed E-state index contributed by atoms with van der Waals surface area (Å²) in [6, 6.07) is 19.5. The Labute approximate surface area is 202 Å². The van der Waals surface area contributed by atoms with Crippen molar-refractivity contribution < 1.29 is 4.79 Å². The van der Waals surface area contributed by atoms with E-state index in [1.807, 2.05) is 82.3 Å². The summed E-state index contributed by atoms with van der Waals surface area (Å²) in [6.45, 7) is 7.66. The molecule has 8 nitrogen and oxygen atoms in total. The Morgan fingerprint density at radius 2 is 1.71 bits per heavy atom. The molecule has 0 saturated heterocycles. The highest BCUT2D eigenvalue weighted by atomic mass is 16.2. The van der Waals surface area contributed by atoms with Crippen LogP contribution in [0.2, 0.25) is 0 Å². The van der Waals surface area contributed by atoms with E-state index >= 15 is 0 Å². The maximum atomic E-state index is 14.2. The van der Waals surface area contributed by atoms with Crippen molar-refractivity contribution in [2.24, 2.45) is 0 Å². The van der Waals surface area contributed by atoms with Gasteiger partial charge in [-0.3, -0.25) is 19.1 Å². The third kappa shape index (κ3) is 4.07. The summed E-state index contributed by atoms with van der Waals surface area (Å²) in [6.07, 6.45) is 1.62. The summed E-state index contributed by atoms with van der Waals surface area (Å²) >= 11 is 0. The summed E-state index contributed by atoms with van der Waals surface area (Å²) in [5.74, 6) is -0.320. The molecule has 176 valence electrons. The first kappa shape index (κ1) is 22.5. The molecule has 8 heteroatoms. The molecule has 3 aromatic heterocycles. The van der Waals surface area contributed by atoms with Gasteiger partial charge in [0.2, 0.25) is 5.91 Å². The second kappa shape index (κ2) is 8.47. The van der Waals surface area contributed by atoms with Crippen LogP contribution in [0.5, 0.6) is 0 Å². The molecule has 0 radical (unpaired) electrons. The average molecular weight is 467 g/mol. The first-order valence-corrected chi connectivity index (χ1v) is 11.4. The van der Waals surface area contributed by atoms with Gasteiger partial charge in [0.25, 0.3) is 5.56 Å². The van der Waals surface area contributed by atoms with Gasteiger partial charge in [0.05, 0.1) is 16.7 Å². The van der Waals surface area contributed by atoms with Gasteiger partial charge in [0, 0.05) is 17.3 Å². The molecule has 0 spiro atoms. The van der Waals surface area contributed by atoms with Crippen LogP contribution in [0, 0.1) is 6.92 Å². The van der Waals surface area contributed by atoms with Crippen LogP contribution < -0.4 is 10.9 Å². The summed E-state index contributed by atoms with van der Waals surface area (Å²) in [7, 11) is 0. The first-order valence-electron chi connectivity index (χ1n) is 11.4. The fourth-order valence-corrected chi connectivity index (χ4v) is 4.28. The Bertz CT molecular complexity index is 1600. The van der Waals surface area contributed by atoms with E-state index in [0.717, 1.165) is 11.1 Å². The fourth-order valence-electron chi connectivity index (χ4n) is 4.28. The number of nitrogens with zero attached hydrogens (tertiary/aromatic N) is 5. The lowest BCUT2D eigenvalue weighted by molar-refractivity contribution is -0.124. The van der Waals surface area contributed by atoms with Crippen LogP contribution >= 0.6 is 0 Å². The van der Waals surface area contributed by atoms with E-state index in [9.17, 15) is 9.59 Å². The standard InChI is InChI=1S/C27H26N6O2/c1-17-13-14-20-21(16-17)32(23(19-12-8-9-15-28-19)25(34)29-27(2,3)4)26(35)24-22(30-31-33(20)24)18-10-6-5-7-11-18/h5-16,23H,1-4H3,(H,29,34). The summed E-state index contributed by atoms with van der Waals surface area (Å²) in [5, 5.41) is 11.7. The normalized spacial score (nSPS) is 12.7. The molecule has 1 atom stereocenters. The lowest BCUT2D eigenvalue weighted by atomic mass is 10.1. The molecule has 0 aliphatic carbocycles. The van der Waals surface area contributed by atoms with Gasteiger partial charge in [-0.25, -0.2) is 4.52 Å². The predicted octanol–water partition coefficient (Wildman–Crippen LogP) is 3.92. The summed E-state index contributed by atoms with van der Waals surface area (Å²) < 4.78 is 3.09. The van der Waals surface area contributed by atoms with Gasteiger partial charge in [-0.15, -0.1) is 5.10 Å². The number of aromatic nitrogens is 5. The van der Waals surface area contributed by atoms with Crippen molar-refractivity contribution in [2.45, 2.75) is 39.3 Å². The highest BCUT2D eigenvalue weighted by Crippen LogP contribution is 2.27. The van der Waals surface area contributed by atoms with Gasteiger partial charge in [0.15, 0.2) is 11.6 Å². The highest BCUT2D eigenvalue weighted by Gasteiger charge is 2.31. The molecule has 0 fully saturated rings. The van der Waals surface area contributed by atoms with Crippen LogP contribution in [0.25, 0.3) is 27.8 Å². The molecule has 1 unspecified atom stereocenters. The van der Waals surface area contributed by atoms with Crippen molar-refractivity contribution in [2.75, 3.05) is 0 Å². The maximum Gasteiger partial charge on any atom is 0.280 e. The van der Waals surface area contributed by atoms with Gasteiger partial charge < -0.3 is 5.32 Å². The SMILES string of the molecule is Cc1ccc2c(c1)n(C(C(=O)NC(C)(C)C)c1ccccn1)c(=O)c1c(-c3ccccc3)nnn12. The minimum atomic E-state index is -0.990. The van der Waals surface area contributed by atoms with E-state index in [0.29, 0.717) is 27.9 Å². The van der Waals surface area contributed by atoms with E-state index in [4.69, 9.17) is 0 Å². The summed E-state index contributed by atoms with van der Waals surface area (Å²) in [5.41, 5.74) is 3.33. The second-order valence-electron chi connectivity index (χ2n) is 9.63. The average Bonchev–Trinajstić information content (AvgIpc) is 3.27. The van der Waals surface area contributed by atoms with Crippen LogP contribution in [0.3, 0.4) is 0 Å². The third-order valence-corrected chi connectivity index (χ3v) is 5.73. The Hall–Kier alpha value is -4.33. The zero-order chi connectivity index (χ0) is 24.7. The molecule has 5 aromatic rings. The Morgan fingerprint density at radius 3 is 2.40 bits per heavy atom. The van der Waals surface area contributed by atoms with Crippen molar-refractivity contribution in [1.29, 1.82) is 0 Å². The van der Waals surface area contributed by atoms with E-state index in [1.165, 1.54) is 4.57 Å². The Balaban J connectivity index is 1.90. The van der Waals surface area contributed by atoms with E-state index in [2.05, 4.69) is 20.6 Å². The second-order valence-corrected chi connectivity index (χ2v) is 9.63. The molecular formula is C27H26N6O2. The zero-order valence-corrected chi connectivity index (χ0v) is 20.1. The molecule has 5 rings (SSSR count). The highest BCUT2D eigenvalue weighted by molar-refractivity contribution is 5.89. The van der Waals surface area contributed by atoms with Gasteiger partial charge in [-0.05, 0) is 57.5 Å². The molecule has 0 bridgehead atoms. The topological polar surface area (TPSA) is 94.2 Å². The molecule has 0 aliphatic rings. The number of fused-ring (bicyclic) bond motifs is 3. The molecule has 0 saturated carbocycles. The number of benzene rings is 2. The van der Waals surface area contributed by atoms with Crippen molar-refractivity contribution in [1.82, 2.24) is 29.7 Å². The Morgan fingerprint density at radius 1 is 0.971 bits per heavy atom. The van der Waals surface area contributed by atoms with Crippen molar-refractivity contribution >= 4 is 22.5 Å². The number of nitrogens with one attached hydrogen (secondary N) is 1. The Kier molecular flexibility index (Phi) is 5.43. The van der Waals surface area contributed by atoms with Crippen LogP contribution in [0.1, 0.15) is 38.1 Å². The lowest BCUT2D eigenvalue weighted by Crippen LogP contribution is -2.46. The molecule has 0 aliphatic heterocycles. The quantitative estimate of drug-likeness (QED) is 0.433. The lowest BCUT2D eigenvalue weighted by Gasteiger charge is -2.27. The van der Waals surface area contributed by atoms with E-state index < -0.39 is 11.6 Å². The zero-order valence-electron chi connectivity index (χ0n) is 20.1. The summed E-state index contributed by atoms with van der Waals surface area (Å²) in [4.78, 5) is 32.4. The minimum Gasteiger partial charge on any atom is -0.349 e. The molecule has 1 N–H and O–H groups in total. The number of rotatable bonds is 4. The smallest absolute Gasteiger partial charge is 0.280 e. The van der Waals surface area contributed by atoms with Crippen LogP contribution in [-0.2, 0) is 4.79 Å². The molecule has 1 amide bonds. The van der Waals surface area contributed by atoms with Crippen LogP contribution in [0.15, 0.2) is 77.7 Å². The van der Waals surface area contributed by atoms with Gasteiger partial charge in [0.1, 0.15) is 5.69 Å². The van der Waals surface area contributed by atoms with Crippen molar-refractivity contribution in [3.05, 3.63) is 94.5 Å². The third-order valence-electron chi connectivity index (χ3n) is 5.73. The number of aryl methyl sites for hydroxylation is 1. The number of pyridine rings is 1. The number of hydrogen-bond donors (Lipinski definition) is 1. The predicted molar refractivity (Wildman–Crippen MR) is 135 cm³/mol. The van der Waals surface area contributed by atoms with Crippen molar-refractivity contribution in [3.8, 4) is 11.3 Å². The van der Waals surface area contributed by atoms with Gasteiger partial charge in [-0.1, -0.05) is 47.7 Å². The van der Waals surface area contributed by atoms with Gasteiger partial charge >= 0.3 is 0 Å². The van der Waals surface area contributed by atoms with Crippen LogP contribution in [0.4, 0.5) is 0 Å². The number of hydrogen-bond acceptors (Lipinski definition) is 5. The first-order chi connectivity index (χ1) is 16.7. The molecular weight excluding hydrogens is 440 g/mol. The van der Waals surface area contributed by atoms with E-state index in [1.54, 1.807) is 22.8 Å². The van der Waals surface area contributed by atoms with Crippen molar-refractivity contribution in [3.63, 3.8) is 0 Å². The molecule has 2 aromatic carbocycles. The van der Waals surface area contributed by atoms with Gasteiger partial charge in [-0.2, -0.15) is 0 Å². The largest absolute Gasteiger partial charge is 0.349 e.